The molecule has 1 aliphatic rings. The van der Waals surface area contributed by atoms with E-state index in [1.165, 1.54) is 0 Å². The molecule has 2 rings (SSSR count). The van der Waals surface area contributed by atoms with Crippen molar-refractivity contribution in [1.82, 2.24) is 10.6 Å². The lowest BCUT2D eigenvalue weighted by Gasteiger charge is -2.46. The molecule has 1 aromatic rings. The van der Waals surface area contributed by atoms with Gasteiger partial charge in [-0.3, -0.25) is 9.59 Å². The summed E-state index contributed by atoms with van der Waals surface area (Å²) >= 11 is 0. The van der Waals surface area contributed by atoms with Crippen LogP contribution in [0.4, 0.5) is 5.69 Å². The molecule has 0 bridgehead atoms. The number of amides is 2. The van der Waals surface area contributed by atoms with Gasteiger partial charge >= 0.3 is 11.8 Å². The fraction of sp³-hybridized carbons (Fsp3) is 0.556. The number of nitrogens with one attached hydrogen (secondary N) is 3. The van der Waals surface area contributed by atoms with E-state index in [0.717, 1.165) is 12.8 Å². The van der Waals surface area contributed by atoms with Crippen molar-refractivity contribution in [3.63, 3.8) is 0 Å². The first-order valence-electron chi connectivity index (χ1n) is 8.15. The second-order valence-corrected chi connectivity index (χ2v) is 7.65. The van der Waals surface area contributed by atoms with Crippen molar-refractivity contribution in [2.24, 2.45) is 0 Å². The number of anilines is 1. The highest BCUT2D eigenvalue weighted by Gasteiger charge is 2.38. The number of rotatable bonds is 3. The van der Waals surface area contributed by atoms with Gasteiger partial charge in [0.2, 0.25) is 0 Å². The van der Waals surface area contributed by atoms with Crippen LogP contribution in [0.5, 0.6) is 5.75 Å². The molecule has 1 saturated heterocycles. The maximum atomic E-state index is 12.2. The smallest absolute Gasteiger partial charge is 0.313 e. The molecule has 0 aromatic heterocycles. The number of methoxy groups -OCH3 is 1. The minimum Gasteiger partial charge on any atom is -0.497 e. The Morgan fingerprint density at radius 2 is 1.58 bits per heavy atom. The summed E-state index contributed by atoms with van der Waals surface area (Å²) in [4.78, 5) is 24.3. The standard InChI is InChI=1S/C18H27N3O3/c1-17(2)10-13(11-18(3,4)21-17)20-16(23)15(22)19-12-6-8-14(24-5)9-7-12/h6-9,13,21H,10-11H2,1-5H3,(H,19,22)(H,20,23). The van der Waals surface area contributed by atoms with Crippen LogP contribution in [0.1, 0.15) is 40.5 Å². The van der Waals surface area contributed by atoms with E-state index >= 15 is 0 Å². The van der Waals surface area contributed by atoms with Gasteiger partial charge in [-0.25, -0.2) is 0 Å². The number of ether oxygens (including phenoxy) is 1. The van der Waals surface area contributed by atoms with Gasteiger partial charge in [0.15, 0.2) is 0 Å². The first-order chi connectivity index (χ1) is 11.1. The number of hydrogen-bond acceptors (Lipinski definition) is 4. The van der Waals surface area contributed by atoms with E-state index in [9.17, 15) is 9.59 Å². The largest absolute Gasteiger partial charge is 0.497 e. The van der Waals surface area contributed by atoms with Gasteiger partial charge in [0.05, 0.1) is 7.11 Å². The summed E-state index contributed by atoms with van der Waals surface area (Å²) in [6, 6.07) is 6.81. The second-order valence-electron chi connectivity index (χ2n) is 7.65. The zero-order chi connectivity index (χ0) is 18.0. The topological polar surface area (TPSA) is 79.5 Å². The Hall–Kier alpha value is -2.08. The van der Waals surface area contributed by atoms with Gasteiger partial charge in [-0.1, -0.05) is 0 Å². The Bertz CT molecular complexity index is 592. The minimum absolute atomic E-state index is 0.0367. The van der Waals surface area contributed by atoms with Gasteiger partial charge in [-0.05, 0) is 64.8 Å². The zero-order valence-electron chi connectivity index (χ0n) is 15.0. The van der Waals surface area contributed by atoms with E-state index in [4.69, 9.17) is 4.74 Å². The number of piperidine rings is 1. The molecular weight excluding hydrogens is 306 g/mol. The van der Waals surface area contributed by atoms with E-state index in [-0.39, 0.29) is 17.1 Å². The highest BCUT2D eigenvalue weighted by Crippen LogP contribution is 2.28. The molecular formula is C18H27N3O3. The molecule has 0 spiro atoms. The van der Waals surface area contributed by atoms with E-state index in [0.29, 0.717) is 11.4 Å². The number of benzene rings is 1. The quantitative estimate of drug-likeness (QED) is 0.740. The maximum Gasteiger partial charge on any atom is 0.313 e. The molecule has 0 saturated carbocycles. The van der Waals surface area contributed by atoms with Crippen LogP contribution in [0.15, 0.2) is 24.3 Å². The van der Waals surface area contributed by atoms with Gasteiger partial charge in [-0.15, -0.1) is 0 Å². The highest BCUT2D eigenvalue weighted by atomic mass is 16.5. The molecule has 6 nitrogen and oxygen atoms in total. The maximum absolute atomic E-state index is 12.2. The summed E-state index contributed by atoms with van der Waals surface area (Å²) in [6.07, 6.45) is 1.55. The summed E-state index contributed by atoms with van der Waals surface area (Å²) in [5.41, 5.74) is 0.375. The SMILES string of the molecule is COc1ccc(NC(=O)C(=O)NC2CC(C)(C)NC(C)(C)C2)cc1. The molecule has 1 heterocycles. The number of carbonyl (C=O) groups is 2. The van der Waals surface area contributed by atoms with E-state index in [1.54, 1.807) is 31.4 Å². The fourth-order valence-electron chi connectivity index (χ4n) is 3.54. The molecule has 0 radical (unpaired) electrons. The second kappa shape index (κ2) is 6.81. The third kappa shape index (κ3) is 4.96. The summed E-state index contributed by atoms with van der Waals surface area (Å²) in [5.74, 6) is -0.574. The van der Waals surface area contributed by atoms with Crippen LogP contribution < -0.4 is 20.7 Å². The minimum atomic E-state index is -0.658. The van der Waals surface area contributed by atoms with Crippen LogP contribution in [-0.2, 0) is 9.59 Å². The Kier molecular flexibility index (Phi) is 5.18. The lowest BCUT2D eigenvalue weighted by molar-refractivity contribution is -0.137. The molecule has 0 atom stereocenters. The first kappa shape index (κ1) is 18.3. The van der Waals surface area contributed by atoms with Crippen LogP contribution in [0.2, 0.25) is 0 Å². The van der Waals surface area contributed by atoms with Crippen molar-refractivity contribution in [1.29, 1.82) is 0 Å². The lowest BCUT2D eigenvalue weighted by atomic mass is 9.79. The molecule has 1 fully saturated rings. The van der Waals surface area contributed by atoms with Gasteiger partial charge in [0.1, 0.15) is 5.75 Å². The average Bonchev–Trinajstić information content (AvgIpc) is 2.44. The van der Waals surface area contributed by atoms with Crippen LogP contribution >= 0.6 is 0 Å². The Labute approximate surface area is 143 Å². The molecule has 132 valence electrons. The average molecular weight is 333 g/mol. The van der Waals surface area contributed by atoms with Gasteiger partial charge < -0.3 is 20.7 Å². The van der Waals surface area contributed by atoms with E-state index in [2.05, 4.69) is 43.6 Å². The lowest BCUT2D eigenvalue weighted by Crippen LogP contribution is -2.62. The van der Waals surface area contributed by atoms with Crippen molar-refractivity contribution in [3.8, 4) is 5.75 Å². The number of hydrogen-bond donors (Lipinski definition) is 3. The van der Waals surface area contributed by atoms with Crippen molar-refractivity contribution in [2.75, 3.05) is 12.4 Å². The first-order valence-corrected chi connectivity index (χ1v) is 8.15. The van der Waals surface area contributed by atoms with Crippen LogP contribution in [0, 0.1) is 0 Å². The van der Waals surface area contributed by atoms with E-state index < -0.39 is 11.8 Å². The Balaban J connectivity index is 1.94. The van der Waals surface area contributed by atoms with Crippen molar-refractivity contribution in [2.45, 2.75) is 57.7 Å². The predicted molar refractivity (Wildman–Crippen MR) is 94.1 cm³/mol. The van der Waals surface area contributed by atoms with Crippen molar-refractivity contribution in [3.05, 3.63) is 24.3 Å². The third-order valence-corrected chi connectivity index (χ3v) is 4.08. The molecule has 6 heteroatoms. The van der Waals surface area contributed by atoms with Gasteiger partial charge in [0, 0.05) is 22.8 Å². The van der Waals surface area contributed by atoms with Crippen LogP contribution in [0.25, 0.3) is 0 Å². The third-order valence-electron chi connectivity index (χ3n) is 4.08. The molecule has 3 N–H and O–H groups in total. The fourth-order valence-corrected chi connectivity index (χ4v) is 3.54. The zero-order valence-corrected chi connectivity index (χ0v) is 15.0. The summed E-state index contributed by atoms with van der Waals surface area (Å²) in [6.45, 7) is 8.41. The van der Waals surface area contributed by atoms with Crippen molar-refractivity contribution >= 4 is 17.5 Å². The van der Waals surface area contributed by atoms with Gasteiger partial charge in [0.25, 0.3) is 0 Å². The molecule has 2 amide bonds. The molecule has 0 unspecified atom stereocenters. The van der Waals surface area contributed by atoms with Gasteiger partial charge in [-0.2, -0.15) is 0 Å². The Morgan fingerprint density at radius 3 is 2.08 bits per heavy atom. The summed E-state index contributed by atoms with van der Waals surface area (Å²) < 4.78 is 5.06. The molecule has 24 heavy (non-hydrogen) atoms. The highest BCUT2D eigenvalue weighted by molar-refractivity contribution is 6.39. The van der Waals surface area contributed by atoms with Crippen LogP contribution in [-0.4, -0.2) is 36.0 Å². The van der Waals surface area contributed by atoms with E-state index in [1.807, 2.05) is 0 Å². The molecule has 0 aliphatic carbocycles. The van der Waals surface area contributed by atoms with Crippen molar-refractivity contribution < 1.29 is 14.3 Å². The molecule has 1 aromatic carbocycles. The number of carbonyl (C=O) groups excluding carboxylic acids is 2. The molecule has 1 aliphatic heterocycles. The predicted octanol–water partition coefficient (Wildman–Crippen LogP) is 2.06. The van der Waals surface area contributed by atoms with Crippen LogP contribution in [0.3, 0.4) is 0 Å². The normalized spacial score (nSPS) is 19.4. The Morgan fingerprint density at radius 1 is 1.04 bits per heavy atom. The summed E-state index contributed by atoms with van der Waals surface area (Å²) in [7, 11) is 1.57. The monoisotopic (exact) mass is 333 g/mol. The summed E-state index contributed by atoms with van der Waals surface area (Å²) in [5, 5.41) is 9.01.